The first-order chi connectivity index (χ1) is 12.2. The third kappa shape index (κ3) is 4.09. The number of likely N-dealkylation sites (N-methyl/N-ethyl adjacent to an activating group) is 1. The van der Waals surface area contributed by atoms with Gasteiger partial charge in [-0.1, -0.05) is 48.5 Å². The third-order valence-electron chi connectivity index (χ3n) is 5.09. The Bertz CT molecular complexity index is 674. The monoisotopic (exact) mass is 337 g/mol. The van der Waals surface area contributed by atoms with E-state index in [9.17, 15) is 4.79 Å². The van der Waals surface area contributed by atoms with E-state index >= 15 is 0 Å². The number of rotatable bonds is 6. The molecule has 3 rings (SSSR count). The van der Waals surface area contributed by atoms with Crippen LogP contribution in [0.1, 0.15) is 18.4 Å². The molecule has 2 aromatic rings. The van der Waals surface area contributed by atoms with E-state index in [0.29, 0.717) is 31.5 Å². The zero-order valence-electron chi connectivity index (χ0n) is 14.8. The Morgan fingerprint density at radius 3 is 2.32 bits per heavy atom. The minimum atomic E-state index is 0.151. The Kier molecular flexibility index (Phi) is 5.84. The molecule has 1 amide bonds. The van der Waals surface area contributed by atoms with Gasteiger partial charge < -0.3 is 10.6 Å². The molecule has 1 saturated heterocycles. The molecule has 0 spiro atoms. The molecule has 2 atom stereocenters. The van der Waals surface area contributed by atoms with Gasteiger partial charge in [-0.3, -0.25) is 9.69 Å². The van der Waals surface area contributed by atoms with Crippen molar-refractivity contribution < 1.29 is 4.79 Å². The quantitative estimate of drug-likeness (QED) is 0.882. The number of hydrogen-bond acceptors (Lipinski definition) is 3. The lowest BCUT2D eigenvalue weighted by Gasteiger charge is -2.24. The number of carbonyl (C=O) groups excluding carboxylic acids is 1. The van der Waals surface area contributed by atoms with Crippen LogP contribution in [0.3, 0.4) is 0 Å². The number of anilines is 1. The van der Waals surface area contributed by atoms with Crippen LogP contribution >= 0.6 is 0 Å². The van der Waals surface area contributed by atoms with E-state index in [4.69, 9.17) is 5.73 Å². The van der Waals surface area contributed by atoms with Gasteiger partial charge in [0.05, 0.1) is 6.54 Å². The number of carbonyl (C=O) groups is 1. The van der Waals surface area contributed by atoms with Crippen LogP contribution in [0.25, 0.3) is 0 Å². The maximum atomic E-state index is 12.8. The van der Waals surface area contributed by atoms with Crippen molar-refractivity contribution in [3.05, 3.63) is 66.2 Å². The van der Waals surface area contributed by atoms with E-state index in [2.05, 4.69) is 29.2 Å². The van der Waals surface area contributed by atoms with Crippen molar-refractivity contribution >= 4 is 11.6 Å². The average Bonchev–Trinajstić information content (AvgIpc) is 3.07. The van der Waals surface area contributed by atoms with Crippen LogP contribution in [-0.2, 0) is 4.79 Å². The summed E-state index contributed by atoms with van der Waals surface area (Å²) >= 11 is 0. The van der Waals surface area contributed by atoms with Gasteiger partial charge in [0, 0.05) is 31.2 Å². The number of para-hydroxylation sites is 1. The summed E-state index contributed by atoms with van der Waals surface area (Å²) < 4.78 is 0. The van der Waals surface area contributed by atoms with Gasteiger partial charge in [0.15, 0.2) is 0 Å². The first-order valence-corrected chi connectivity index (χ1v) is 9.05. The normalized spacial score (nSPS) is 20.6. The number of hydrogen-bond donors (Lipinski definition) is 1. The van der Waals surface area contributed by atoms with Crippen LogP contribution in [-0.4, -0.2) is 43.5 Å². The predicted octanol–water partition coefficient (Wildman–Crippen LogP) is 2.71. The highest BCUT2D eigenvalue weighted by molar-refractivity contribution is 5.94. The van der Waals surface area contributed by atoms with Gasteiger partial charge in [0.2, 0.25) is 5.91 Å². The van der Waals surface area contributed by atoms with Gasteiger partial charge in [-0.05, 0) is 37.1 Å². The van der Waals surface area contributed by atoms with Crippen LogP contribution in [0.4, 0.5) is 5.69 Å². The third-order valence-corrected chi connectivity index (χ3v) is 5.09. The average molecular weight is 337 g/mol. The zero-order chi connectivity index (χ0) is 17.6. The predicted molar refractivity (Wildman–Crippen MR) is 103 cm³/mol. The largest absolute Gasteiger partial charge is 0.330 e. The minimum Gasteiger partial charge on any atom is -0.330 e. The Labute approximate surface area is 150 Å². The van der Waals surface area contributed by atoms with Crippen LogP contribution in [0.5, 0.6) is 0 Å². The molecule has 0 aromatic heterocycles. The minimum absolute atomic E-state index is 0.151. The number of nitrogens with two attached hydrogens (primary N) is 1. The fraction of sp³-hybridized carbons (Fsp3) is 0.381. The molecule has 2 N–H and O–H groups in total. The lowest BCUT2D eigenvalue weighted by atomic mass is 9.89. The maximum absolute atomic E-state index is 12.8. The molecule has 0 radical (unpaired) electrons. The van der Waals surface area contributed by atoms with Crippen LogP contribution in [0.15, 0.2) is 60.7 Å². The molecule has 2 aromatic carbocycles. The molecule has 1 aliphatic rings. The summed E-state index contributed by atoms with van der Waals surface area (Å²) in [5.41, 5.74) is 8.29. The second-order valence-corrected chi connectivity index (χ2v) is 6.68. The van der Waals surface area contributed by atoms with Crippen molar-refractivity contribution in [3.63, 3.8) is 0 Å². The zero-order valence-corrected chi connectivity index (χ0v) is 14.8. The van der Waals surface area contributed by atoms with Gasteiger partial charge in [0.1, 0.15) is 0 Å². The summed E-state index contributed by atoms with van der Waals surface area (Å²) in [7, 11) is 0. The fourth-order valence-electron chi connectivity index (χ4n) is 3.79. The number of benzene rings is 2. The SMILES string of the molecule is CCN(C(=O)CN1C[C@@H](CN)[C@H](c2ccccc2)C1)c1ccccc1. The molecule has 4 nitrogen and oxygen atoms in total. The van der Waals surface area contributed by atoms with Crippen LogP contribution in [0.2, 0.25) is 0 Å². The Morgan fingerprint density at radius 2 is 1.72 bits per heavy atom. The fourth-order valence-corrected chi connectivity index (χ4v) is 3.79. The standard InChI is InChI=1S/C21H27N3O/c1-2-24(19-11-7-4-8-12-19)21(25)16-23-14-18(13-22)20(15-23)17-9-5-3-6-10-17/h3-12,18,20H,2,13-16,22H2,1H3/t18-,20+/m1/s1. The molecule has 0 unspecified atom stereocenters. The molecular weight excluding hydrogens is 310 g/mol. The van der Waals surface area contributed by atoms with E-state index in [1.165, 1.54) is 5.56 Å². The number of amides is 1. The second-order valence-electron chi connectivity index (χ2n) is 6.68. The smallest absolute Gasteiger partial charge is 0.241 e. The number of nitrogens with zero attached hydrogens (tertiary/aromatic N) is 2. The lowest BCUT2D eigenvalue weighted by molar-refractivity contribution is -0.119. The molecule has 1 aliphatic heterocycles. The van der Waals surface area contributed by atoms with E-state index in [1.54, 1.807) is 0 Å². The first-order valence-electron chi connectivity index (χ1n) is 9.05. The highest BCUT2D eigenvalue weighted by atomic mass is 16.2. The maximum Gasteiger partial charge on any atom is 0.241 e. The molecule has 132 valence electrons. The Balaban J connectivity index is 1.67. The van der Waals surface area contributed by atoms with Crippen molar-refractivity contribution in [1.82, 2.24) is 4.90 Å². The van der Waals surface area contributed by atoms with Crippen LogP contribution in [0, 0.1) is 5.92 Å². The summed E-state index contributed by atoms with van der Waals surface area (Å²) in [5.74, 6) is 0.964. The van der Waals surface area contributed by atoms with Crippen molar-refractivity contribution in [3.8, 4) is 0 Å². The van der Waals surface area contributed by atoms with Crippen molar-refractivity contribution in [1.29, 1.82) is 0 Å². The molecular formula is C21H27N3O. The summed E-state index contributed by atoms with van der Waals surface area (Å²) in [6, 6.07) is 20.4. The van der Waals surface area contributed by atoms with Crippen LogP contribution < -0.4 is 10.6 Å². The molecule has 4 heteroatoms. The Hall–Kier alpha value is -2.17. The highest BCUT2D eigenvalue weighted by Gasteiger charge is 2.34. The topological polar surface area (TPSA) is 49.6 Å². The number of likely N-dealkylation sites (tertiary alicyclic amines) is 1. The van der Waals surface area contributed by atoms with E-state index in [1.807, 2.05) is 48.2 Å². The van der Waals surface area contributed by atoms with E-state index < -0.39 is 0 Å². The molecule has 1 fully saturated rings. The second kappa shape index (κ2) is 8.28. The first kappa shape index (κ1) is 17.6. The van der Waals surface area contributed by atoms with E-state index in [0.717, 1.165) is 18.8 Å². The van der Waals surface area contributed by atoms with Crippen molar-refractivity contribution in [2.75, 3.05) is 37.6 Å². The molecule has 1 heterocycles. The van der Waals surface area contributed by atoms with Crippen molar-refractivity contribution in [2.45, 2.75) is 12.8 Å². The summed E-state index contributed by atoms with van der Waals surface area (Å²) in [4.78, 5) is 16.9. The summed E-state index contributed by atoms with van der Waals surface area (Å²) in [6.07, 6.45) is 0. The molecule has 0 aliphatic carbocycles. The van der Waals surface area contributed by atoms with Gasteiger partial charge >= 0.3 is 0 Å². The van der Waals surface area contributed by atoms with E-state index in [-0.39, 0.29) is 5.91 Å². The van der Waals surface area contributed by atoms with Gasteiger partial charge in [-0.2, -0.15) is 0 Å². The van der Waals surface area contributed by atoms with Crippen molar-refractivity contribution in [2.24, 2.45) is 11.7 Å². The summed E-state index contributed by atoms with van der Waals surface area (Å²) in [5, 5.41) is 0. The molecule has 25 heavy (non-hydrogen) atoms. The van der Waals surface area contributed by atoms with Gasteiger partial charge in [-0.25, -0.2) is 0 Å². The van der Waals surface area contributed by atoms with Gasteiger partial charge in [-0.15, -0.1) is 0 Å². The van der Waals surface area contributed by atoms with Gasteiger partial charge in [0.25, 0.3) is 0 Å². The Morgan fingerprint density at radius 1 is 1.08 bits per heavy atom. The molecule has 0 saturated carbocycles. The summed E-state index contributed by atoms with van der Waals surface area (Å²) in [6.45, 7) is 5.57. The lowest BCUT2D eigenvalue weighted by Crippen LogP contribution is -2.40. The molecule has 0 bridgehead atoms. The highest BCUT2D eigenvalue weighted by Crippen LogP contribution is 2.32.